The van der Waals surface area contributed by atoms with Gasteiger partial charge in [-0.3, -0.25) is 4.79 Å². The standard InChI is InChI=1S/C22H21FN6O2S/c23-15-8-7-14(22-27-26-18-6-2-1-3-11-29(18)22)13-16(15)24-19(30)9-10-20-25-21(28-31-20)17-5-4-12-32-17/h4-5,7-8,12-13H,1-3,6,9-11H2,(H,24,30). The maximum absolute atomic E-state index is 14.4. The van der Waals surface area contributed by atoms with E-state index >= 15 is 0 Å². The molecule has 0 fully saturated rings. The van der Waals surface area contributed by atoms with Gasteiger partial charge in [0.05, 0.1) is 10.6 Å². The van der Waals surface area contributed by atoms with Crippen LogP contribution in [0, 0.1) is 5.82 Å². The molecule has 32 heavy (non-hydrogen) atoms. The molecule has 164 valence electrons. The Morgan fingerprint density at radius 3 is 3.03 bits per heavy atom. The van der Waals surface area contributed by atoms with E-state index in [-0.39, 0.29) is 24.4 Å². The van der Waals surface area contributed by atoms with E-state index in [0.29, 0.717) is 17.5 Å². The van der Waals surface area contributed by atoms with Crippen LogP contribution < -0.4 is 5.32 Å². The number of hydrogen-bond acceptors (Lipinski definition) is 7. The van der Waals surface area contributed by atoms with E-state index in [1.807, 2.05) is 17.5 Å². The van der Waals surface area contributed by atoms with Crippen molar-refractivity contribution < 1.29 is 13.7 Å². The molecule has 1 N–H and O–H groups in total. The highest BCUT2D eigenvalue weighted by Crippen LogP contribution is 2.27. The third kappa shape index (κ3) is 4.31. The van der Waals surface area contributed by atoms with E-state index in [1.165, 1.54) is 17.4 Å². The molecule has 0 radical (unpaired) electrons. The van der Waals surface area contributed by atoms with Crippen molar-refractivity contribution in [1.82, 2.24) is 24.9 Å². The third-order valence-electron chi connectivity index (χ3n) is 5.38. The number of carbonyl (C=O) groups excluding carboxylic acids is 1. The molecular formula is C22H21FN6O2S. The number of rotatable bonds is 6. The number of aryl methyl sites for hydroxylation is 2. The molecule has 1 aliphatic heterocycles. The summed E-state index contributed by atoms with van der Waals surface area (Å²) in [7, 11) is 0. The molecule has 3 aromatic heterocycles. The first-order valence-electron chi connectivity index (χ1n) is 10.6. The fourth-order valence-electron chi connectivity index (χ4n) is 3.75. The number of nitrogens with zero attached hydrogens (tertiary/aromatic N) is 5. The summed E-state index contributed by atoms with van der Waals surface area (Å²) in [6.45, 7) is 0.842. The van der Waals surface area contributed by atoms with Gasteiger partial charge in [-0.25, -0.2) is 4.39 Å². The van der Waals surface area contributed by atoms with E-state index in [4.69, 9.17) is 4.52 Å². The lowest BCUT2D eigenvalue weighted by molar-refractivity contribution is -0.116. The van der Waals surface area contributed by atoms with Crippen LogP contribution in [0.3, 0.4) is 0 Å². The summed E-state index contributed by atoms with van der Waals surface area (Å²) < 4.78 is 21.7. The predicted octanol–water partition coefficient (Wildman–Crippen LogP) is 4.49. The highest BCUT2D eigenvalue weighted by molar-refractivity contribution is 7.13. The number of fused-ring (bicyclic) bond motifs is 1. The lowest BCUT2D eigenvalue weighted by Crippen LogP contribution is -2.14. The number of anilines is 1. The number of aromatic nitrogens is 5. The molecule has 0 spiro atoms. The Morgan fingerprint density at radius 1 is 1.22 bits per heavy atom. The second kappa shape index (κ2) is 8.99. The van der Waals surface area contributed by atoms with Gasteiger partial charge in [0.15, 0.2) is 5.82 Å². The lowest BCUT2D eigenvalue weighted by Gasteiger charge is -2.10. The van der Waals surface area contributed by atoms with Crippen LogP contribution in [0.4, 0.5) is 10.1 Å². The summed E-state index contributed by atoms with van der Waals surface area (Å²) in [6.07, 6.45) is 4.56. The van der Waals surface area contributed by atoms with Crippen molar-refractivity contribution in [2.24, 2.45) is 0 Å². The van der Waals surface area contributed by atoms with Crippen molar-refractivity contribution in [3.05, 3.63) is 53.2 Å². The first kappa shape index (κ1) is 20.5. The smallest absolute Gasteiger partial charge is 0.227 e. The minimum atomic E-state index is -0.504. The molecule has 0 aliphatic carbocycles. The minimum Gasteiger partial charge on any atom is -0.339 e. The number of nitrogens with one attached hydrogen (secondary N) is 1. The molecule has 1 aliphatic rings. The van der Waals surface area contributed by atoms with Gasteiger partial charge in [0.1, 0.15) is 11.6 Å². The summed E-state index contributed by atoms with van der Waals surface area (Å²) in [5.74, 6) is 1.68. The minimum absolute atomic E-state index is 0.0933. The summed E-state index contributed by atoms with van der Waals surface area (Å²) in [5.41, 5.74) is 0.836. The van der Waals surface area contributed by atoms with Gasteiger partial charge in [-0.2, -0.15) is 4.98 Å². The predicted molar refractivity (Wildman–Crippen MR) is 118 cm³/mol. The number of amides is 1. The summed E-state index contributed by atoms with van der Waals surface area (Å²) in [5, 5.41) is 17.1. The van der Waals surface area contributed by atoms with Gasteiger partial charge in [-0.1, -0.05) is 17.6 Å². The van der Waals surface area contributed by atoms with Gasteiger partial charge in [-0.15, -0.1) is 21.5 Å². The number of halogens is 1. The number of benzene rings is 1. The van der Waals surface area contributed by atoms with E-state index in [9.17, 15) is 9.18 Å². The molecule has 1 amide bonds. The molecule has 0 saturated carbocycles. The maximum Gasteiger partial charge on any atom is 0.227 e. The van der Waals surface area contributed by atoms with Crippen LogP contribution in [0.25, 0.3) is 22.1 Å². The van der Waals surface area contributed by atoms with Crippen LogP contribution in [-0.4, -0.2) is 30.8 Å². The molecule has 10 heteroatoms. The second-order valence-electron chi connectivity index (χ2n) is 7.63. The van der Waals surface area contributed by atoms with Gasteiger partial charge in [-0.05, 0) is 42.5 Å². The Hall–Kier alpha value is -3.40. The Morgan fingerprint density at radius 2 is 2.16 bits per heavy atom. The zero-order chi connectivity index (χ0) is 21.9. The van der Waals surface area contributed by atoms with Crippen molar-refractivity contribution in [2.75, 3.05) is 5.32 Å². The van der Waals surface area contributed by atoms with Crippen LogP contribution in [0.15, 0.2) is 40.2 Å². The fraction of sp³-hybridized carbons (Fsp3) is 0.318. The topological polar surface area (TPSA) is 98.7 Å². The average Bonchev–Trinajstić information content (AvgIpc) is 3.53. The van der Waals surface area contributed by atoms with E-state index in [2.05, 4.69) is 30.2 Å². The highest BCUT2D eigenvalue weighted by Gasteiger charge is 2.18. The van der Waals surface area contributed by atoms with Crippen LogP contribution in [-0.2, 0) is 24.2 Å². The van der Waals surface area contributed by atoms with Crippen LogP contribution in [0.2, 0.25) is 0 Å². The van der Waals surface area contributed by atoms with Crippen molar-refractivity contribution in [1.29, 1.82) is 0 Å². The zero-order valence-electron chi connectivity index (χ0n) is 17.3. The van der Waals surface area contributed by atoms with Gasteiger partial charge in [0.25, 0.3) is 0 Å². The van der Waals surface area contributed by atoms with Gasteiger partial charge < -0.3 is 14.4 Å². The molecule has 4 heterocycles. The number of hydrogen-bond donors (Lipinski definition) is 1. The molecule has 0 saturated heterocycles. The van der Waals surface area contributed by atoms with E-state index in [1.54, 1.807) is 12.1 Å². The average molecular weight is 453 g/mol. The van der Waals surface area contributed by atoms with Gasteiger partial charge in [0, 0.05) is 31.4 Å². The quantitative estimate of drug-likeness (QED) is 0.463. The summed E-state index contributed by atoms with van der Waals surface area (Å²) in [6, 6.07) is 8.42. The third-order valence-corrected chi connectivity index (χ3v) is 6.25. The molecule has 1 aromatic carbocycles. The largest absolute Gasteiger partial charge is 0.339 e. The zero-order valence-corrected chi connectivity index (χ0v) is 18.1. The summed E-state index contributed by atoms with van der Waals surface area (Å²) in [4.78, 5) is 17.7. The maximum atomic E-state index is 14.4. The molecule has 5 rings (SSSR count). The van der Waals surface area contributed by atoms with Crippen molar-refractivity contribution >= 4 is 22.9 Å². The molecule has 4 aromatic rings. The molecule has 8 nitrogen and oxygen atoms in total. The van der Waals surface area contributed by atoms with Crippen molar-refractivity contribution in [3.8, 4) is 22.1 Å². The Kier molecular flexibility index (Phi) is 5.76. The van der Waals surface area contributed by atoms with Crippen LogP contribution in [0.1, 0.15) is 37.4 Å². The van der Waals surface area contributed by atoms with E-state index < -0.39 is 5.82 Å². The Balaban J connectivity index is 1.26. The first-order valence-corrected chi connectivity index (χ1v) is 11.4. The summed E-state index contributed by atoms with van der Waals surface area (Å²) >= 11 is 1.51. The van der Waals surface area contributed by atoms with Crippen LogP contribution >= 0.6 is 11.3 Å². The second-order valence-corrected chi connectivity index (χ2v) is 8.58. The molecular weight excluding hydrogens is 431 g/mol. The first-order chi connectivity index (χ1) is 15.7. The Labute approximate surface area is 187 Å². The molecule has 0 atom stereocenters. The normalized spacial score (nSPS) is 13.5. The SMILES string of the molecule is O=C(CCc1nc(-c2cccs2)no1)Nc1cc(-c2nnc3n2CCCCC3)ccc1F. The molecule has 0 bridgehead atoms. The monoisotopic (exact) mass is 452 g/mol. The molecule has 0 unspecified atom stereocenters. The van der Waals surface area contributed by atoms with Crippen molar-refractivity contribution in [2.45, 2.75) is 45.1 Å². The fourth-order valence-corrected chi connectivity index (χ4v) is 4.40. The number of carbonyl (C=O) groups is 1. The lowest BCUT2D eigenvalue weighted by atomic mass is 10.1. The Bertz CT molecular complexity index is 1230. The van der Waals surface area contributed by atoms with Gasteiger partial charge >= 0.3 is 0 Å². The number of thiophene rings is 1. The highest BCUT2D eigenvalue weighted by atomic mass is 32.1. The van der Waals surface area contributed by atoms with Gasteiger partial charge in [0.2, 0.25) is 17.6 Å². The van der Waals surface area contributed by atoms with Crippen molar-refractivity contribution in [3.63, 3.8) is 0 Å². The van der Waals surface area contributed by atoms with Crippen LogP contribution in [0.5, 0.6) is 0 Å². The van der Waals surface area contributed by atoms with E-state index in [0.717, 1.165) is 48.5 Å².